The molecular formula is C31H38FN5O4. The Kier molecular flexibility index (Phi) is 7.27. The van der Waals surface area contributed by atoms with Crippen molar-refractivity contribution in [3.05, 3.63) is 59.5 Å². The van der Waals surface area contributed by atoms with Gasteiger partial charge in [-0.3, -0.25) is 0 Å². The summed E-state index contributed by atoms with van der Waals surface area (Å²) in [6.45, 7) is 1.28. The van der Waals surface area contributed by atoms with Crippen molar-refractivity contribution in [2.75, 3.05) is 38.7 Å². The molecule has 1 spiro atoms. The molecule has 2 aromatic carbocycles. The van der Waals surface area contributed by atoms with Crippen molar-refractivity contribution in [2.45, 2.75) is 56.0 Å². The van der Waals surface area contributed by atoms with E-state index in [1.54, 1.807) is 12.0 Å². The first kappa shape index (κ1) is 27.4. The van der Waals surface area contributed by atoms with Crippen LogP contribution in [0.5, 0.6) is 5.75 Å². The van der Waals surface area contributed by atoms with Gasteiger partial charge in [-0.15, -0.1) is 0 Å². The lowest BCUT2D eigenvalue weighted by Gasteiger charge is -2.50. The molecule has 3 aromatic rings. The van der Waals surface area contributed by atoms with E-state index in [4.69, 9.17) is 4.74 Å². The summed E-state index contributed by atoms with van der Waals surface area (Å²) in [4.78, 5) is 30.5. The fourth-order valence-corrected chi connectivity index (χ4v) is 7.18. The summed E-state index contributed by atoms with van der Waals surface area (Å²) in [5.41, 5.74) is 3.06. The van der Waals surface area contributed by atoms with Gasteiger partial charge < -0.3 is 34.8 Å². The fraction of sp³-hybridized carbons (Fsp3) is 0.484. The van der Waals surface area contributed by atoms with Gasteiger partial charge in [0.2, 0.25) is 0 Å². The first-order valence-corrected chi connectivity index (χ1v) is 14.5. The predicted molar refractivity (Wildman–Crippen MR) is 155 cm³/mol. The summed E-state index contributed by atoms with van der Waals surface area (Å²) in [5.74, 6) is 0.349. The van der Waals surface area contributed by atoms with Gasteiger partial charge in [0.05, 0.1) is 25.3 Å². The molecule has 2 aliphatic heterocycles. The Labute approximate surface area is 239 Å². The molecule has 1 atom stereocenters. The molecule has 0 bridgehead atoms. The highest BCUT2D eigenvalue weighted by atomic mass is 19.1. The van der Waals surface area contributed by atoms with Crippen LogP contribution in [0.4, 0.5) is 19.7 Å². The zero-order chi connectivity index (χ0) is 28.7. The zero-order valence-corrected chi connectivity index (χ0v) is 23.7. The number of urea groups is 2. The largest absolute Gasteiger partial charge is 0.497 e. The Hall–Kier alpha value is -3.79. The third-order valence-corrected chi connectivity index (χ3v) is 9.37. The number of rotatable bonds is 4. The predicted octanol–water partition coefficient (Wildman–Crippen LogP) is 4.89. The van der Waals surface area contributed by atoms with E-state index in [2.05, 4.69) is 21.3 Å². The minimum Gasteiger partial charge on any atom is -0.497 e. The van der Waals surface area contributed by atoms with Crippen molar-refractivity contribution in [1.82, 2.24) is 19.7 Å². The first-order valence-electron chi connectivity index (χ1n) is 14.5. The molecule has 1 aliphatic carbocycles. The van der Waals surface area contributed by atoms with E-state index >= 15 is 0 Å². The molecule has 1 saturated heterocycles. The van der Waals surface area contributed by atoms with Crippen LogP contribution >= 0.6 is 0 Å². The number of nitrogens with zero attached hydrogens (tertiary/aromatic N) is 3. The zero-order valence-electron chi connectivity index (χ0n) is 23.7. The number of piperidine rings is 1. The molecule has 218 valence electrons. The SMILES string of the molecule is COc1ccc2c3c(n(C)c2c1)[C@@H](CO)N(C(=O)Nc1ccc(F)cc1)CC31CCN(C(=O)NC2CCCC2)CC1. The van der Waals surface area contributed by atoms with Gasteiger partial charge in [0, 0.05) is 61.0 Å². The first-order chi connectivity index (χ1) is 19.8. The van der Waals surface area contributed by atoms with Gasteiger partial charge in [0.1, 0.15) is 11.6 Å². The van der Waals surface area contributed by atoms with Gasteiger partial charge in [0.25, 0.3) is 0 Å². The average molecular weight is 564 g/mol. The number of methoxy groups -OCH3 is 1. The number of aromatic nitrogens is 1. The van der Waals surface area contributed by atoms with Crippen molar-refractivity contribution >= 4 is 28.7 Å². The van der Waals surface area contributed by atoms with Gasteiger partial charge in [0.15, 0.2) is 0 Å². The molecule has 0 radical (unpaired) electrons. The number of hydrogen-bond acceptors (Lipinski definition) is 4. The van der Waals surface area contributed by atoms with Gasteiger partial charge in [-0.25, -0.2) is 14.0 Å². The molecule has 9 nitrogen and oxygen atoms in total. The van der Waals surface area contributed by atoms with E-state index in [0.29, 0.717) is 38.2 Å². The smallest absolute Gasteiger partial charge is 0.322 e. The molecule has 1 saturated carbocycles. The molecule has 3 aliphatic rings. The standard InChI is InChI=1S/C31H38FN5O4/c1-35-25-17-23(41-2)11-12-24(25)27-28(35)26(18-38)37(30(40)34-22-9-7-20(32)8-10-22)19-31(27)13-15-36(16-14-31)29(39)33-21-5-3-4-6-21/h7-12,17,21,26,38H,3-6,13-16,18-19H2,1-2H3,(H,33,39)(H,34,40)/t26-/m1/s1. The van der Waals surface area contributed by atoms with Crippen LogP contribution in [-0.4, -0.2) is 70.9 Å². The van der Waals surface area contributed by atoms with Crippen molar-refractivity contribution in [3.8, 4) is 5.75 Å². The Morgan fingerprint density at radius 2 is 1.78 bits per heavy atom. The van der Waals surface area contributed by atoms with E-state index in [1.807, 2.05) is 24.1 Å². The maximum atomic E-state index is 13.8. The minimum atomic E-state index is -0.580. The Balaban J connectivity index is 1.36. The number of aliphatic hydroxyl groups excluding tert-OH is 1. The van der Waals surface area contributed by atoms with Crippen LogP contribution in [0.1, 0.15) is 55.8 Å². The molecule has 10 heteroatoms. The number of likely N-dealkylation sites (tertiary alicyclic amines) is 1. The second kappa shape index (κ2) is 10.9. The van der Waals surface area contributed by atoms with Gasteiger partial charge in [-0.2, -0.15) is 0 Å². The van der Waals surface area contributed by atoms with Crippen LogP contribution in [0.2, 0.25) is 0 Å². The van der Waals surface area contributed by atoms with E-state index in [1.165, 1.54) is 24.3 Å². The molecule has 4 amide bonds. The van der Waals surface area contributed by atoms with Crippen molar-refractivity contribution in [3.63, 3.8) is 0 Å². The van der Waals surface area contributed by atoms with Crippen LogP contribution in [0.15, 0.2) is 42.5 Å². The lowest BCUT2D eigenvalue weighted by Crippen LogP contribution is -2.58. The third kappa shape index (κ3) is 4.88. The number of benzene rings is 2. The van der Waals surface area contributed by atoms with E-state index in [9.17, 15) is 19.1 Å². The number of fused-ring (bicyclic) bond motifs is 4. The molecule has 3 N–H and O–H groups in total. The quantitative estimate of drug-likeness (QED) is 0.421. The number of carbonyl (C=O) groups is 2. The minimum absolute atomic E-state index is 0.00965. The molecule has 1 aromatic heterocycles. The highest BCUT2D eigenvalue weighted by Gasteiger charge is 2.50. The summed E-state index contributed by atoms with van der Waals surface area (Å²) < 4.78 is 21.1. The van der Waals surface area contributed by atoms with E-state index in [0.717, 1.165) is 53.6 Å². The maximum Gasteiger partial charge on any atom is 0.322 e. The number of hydrogen-bond donors (Lipinski definition) is 3. The number of nitrogens with one attached hydrogen (secondary N) is 2. The monoisotopic (exact) mass is 563 g/mol. The van der Waals surface area contributed by atoms with Crippen molar-refractivity contribution in [1.29, 1.82) is 0 Å². The number of aliphatic hydroxyl groups is 1. The Morgan fingerprint density at radius 1 is 1.07 bits per heavy atom. The van der Waals surface area contributed by atoms with Crippen LogP contribution in [0.25, 0.3) is 10.9 Å². The van der Waals surface area contributed by atoms with E-state index < -0.39 is 11.5 Å². The molecule has 41 heavy (non-hydrogen) atoms. The topological polar surface area (TPSA) is 99.1 Å². The fourth-order valence-electron chi connectivity index (χ4n) is 7.18. The van der Waals surface area contributed by atoms with Crippen LogP contribution in [-0.2, 0) is 12.5 Å². The van der Waals surface area contributed by atoms with Gasteiger partial charge in [-0.05, 0) is 67.6 Å². The molecular weight excluding hydrogens is 525 g/mol. The van der Waals surface area contributed by atoms with Crippen molar-refractivity contribution < 1.29 is 23.8 Å². The van der Waals surface area contributed by atoms with Crippen LogP contribution in [0.3, 0.4) is 0 Å². The van der Waals surface area contributed by atoms with Crippen molar-refractivity contribution in [2.24, 2.45) is 7.05 Å². The molecule has 6 rings (SSSR count). The number of amides is 4. The number of halogens is 1. The Bertz CT molecular complexity index is 1440. The number of anilines is 1. The highest BCUT2D eigenvalue weighted by Crippen LogP contribution is 2.50. The summed E-state index contributed by atoms with van der Waals surface area (Å²) in [6, 6.07) is 11.0. The maximum absolute atomic E-state index is 13.8. The molecule has 3 heterocycles. The van der Waals surface area contributed by atoms with Gasteiger partial charge in [-0.1, -0.05) is 12.8 Å². The highest BCUT2D eigenvalue weighted by molar-refractivity contribution is 5.92. The summed E-state index contributed by atoms with van der Waals surface area (Å²) in [6.07, 6.45) is 5.75. The number of aryl methyl sites for hydroxylation is 1. The van der Waals surface area contributed by atoms with Crippen LogP contribution < -0.4 is 15.4 Å². The normalized spacial score (nSPS) is 20.3. The summed E-state index contributed by atoms with van der Waals surface area (Å²) in [5, 5.41) is 17.9. The summed E-state index contributed by atoms with van der Waals surface area (Å²) in [7, 11) is 3.60. The lowest BCUT2D eigenvalue weighted by molar-refractivity contribution is 0.0766. The summed E-state index contributed by atoms with van der Waals surface area (Å²) >= 11 is 0. The molecule has 0 unspecified atom stereocenters. The van der Waals surface area contributed by atoms with E-state index in [-0.39, 0.29) is 30.5 Å². The third-order valence-electron chi connectivity index (χ3n) is 9.37. The second-order valence-electron chi connectivity index (χ2n) is 11.7. The second-order valence-corrected chi connectivity index (χ2v) is 11.7. The average Bonchev–Trinajstić information content (AvgIpc) is 3.60. The number of ether oxygens (including phenoxy) is 1. The molecule has 2 fully saturated rings. The lowest BCUT2D eigenvalue weighted by atomic mass is 9.68. The van der Waals surface area contributed by atoms with Crippen LogP contribution in [0, 0.1) is 5.82 Å². The van der Waals surface area contributed by atoms with Gasteiger partial charge >= 0.3 is 12.1 Å². The Morgan fingerprint density at radius 3 is 2.44 bits per heavy atom. The number of carbonyl (C=O) groups excluding carboxylic acids is 2.